The van der Waals surface area contributed by atoms with Crippen LogP contribution in [0.4, 0.5) is 4.39 Å². The average Bonchev–Trinajstić information content (AvgIpc) is 3.47. The van der Waals surface area contributed by atoms with Crippen molar-refractivity contribution in [3.63, 3.8) is 0 Å². The highest BCUT2D eigenvalue weighted by molar-refractivity contribution is 5.89. The van der Waals surface area contributed by atoms with Gasteiger partial charge in [-0.3, -0.25) is 9.59 Å². The Bertz CT molecular complexity index is 1220. The van der Waals surface area contributed by atoms with Crippen LogP contribution in [0.3, 0.4) is 0 Å². The first-order valence-electron chi connectivity index (χ1n) is 12.1. The topological polar surface area (TPSA) is 88.3 Å². The summed E-state index contributed by atoms with van der Waals surface area (Å²) in [5.74, 6) is 0.330. The number of benzene rings is 1. The number of amides is 2. The molecule has 1 aliphatic heterocycles. The van der Waals surface area contributed by atoms with Gasteiger partial charge in [0.2, 0.25) is 23.7 Å². The molecule has 0 unspecified atom stereocenters. The molecule has 5 rings (SSSR count). The molecule has 3 aromatic rings. The van der Waals surface area contributed by atoms with Crippen molar-refractivity contribution < 1.29 is 18.4 Å². The molecular formula is C27H29FN4O3. The van der Waals surface area contributed by atoms with Crippen molar-refractivity contribution in [1.29, 1.82) is 0 Å². The standard InChI is InChI=1S/C27H29FN4O3/c1-16-17(2)35-23(29-16)15-24(33)32-14-6-9-22(32)27(34)31-25(19-7-4-3-5-8-19)21-13-12-20(18-10-11-18)26(28)30-21/h3-5,7-8,12-13,18,22,25H,6,9-11,14-15H2,1-2H3,(H,31,34)/t22-,25-/m0/s1. The van der Waals surface area contributed by atoms with Crippen molar-refractivity contribution >= 4 is 11.8 Å². The van der Waals surface area contributed by atoms with Crippen LogP contribution in [0.1, 0.15) is 71.8 Å². The van der Waals surface area contributed by atoms with E-state index in [1.165, 1.54) is 0 Å². The van der Waals surface area contributed by atoms with Gasteiger partial charge in [-0.05, 0) is 57.1 Å². The van der Waals surface area contributed by atoms with Crippen LogP contribution in [0.2, 0.25) is 0 Å². The fourth-order valence-corrected chi connectivity index (χ4v) is 4.71. The van der Waals surface area contributed by atoms with Crippen LogP contribution in [0, 0.1) is 19.8 Å². The molecule has 8 heteroatoms. The Kier molecular flexibility index (Phi) is 6.36. The van der Waals surface area contributed by atoms with Gasteiger partial charge in [0.1, 0.15) is 18.2 Å². The lowest BCUT2D eigenvalue weighted by Gasteiger charge is -2.26. The Balaban J connectivity index is 1.35. The molecule has 1 saturated heterocycles. The van der Waals surface area contributed by atoms with Gasteiger partial charge in [0, 0.05) is 12.1 Å². The maximum absolute atomic E-state index is 14.8. The van der Waals surface area contributed by atoms with Crippen molar-refractivity contribution in [3.05, 3.63) is 82.6 Å². The first kappa shape index (κ1) is 23.2. The number of aryl methyl sites for hydroxylation is 2. The van der Waals surface area contributed by atoms with E-state index in [4.69, 9.17) is 4.42 Å². The van der Waals surface area contributed by atoms with E-state index in [-0.39, 0.29) is 24.2 Å². The molecule has 182 valence electrons. The Labute approximate surface area is 203 Å². The van der Waals surface area contributed by atoms with E-state index in [1.807, 2.05) is 37.3 Å². The third-order valence-electron chi connectivity index (χ3n) is 6.88. The molecule has 2 amide bonds. The number of carbonyl (C=O) groups is 2. The number of hydrogen-bond donors (Lipinski definition) is 1. The number of pyridine rings is 1. The van der Waals surface area contributed by atoms with Gasteiger partial charge >= 0.3 is 0 Å². The molecule has 0 bridgehead atoms. The Morgan fingerprint density at radius 3 is 2.54 bits per heavy atom. The van der Waals surface area contributed by atoms with Gasteiger partial charge in [0.05, 0.1) is 17.4 Å². The number of nitrogens with one attached hydrogen (secondary N) is 1. The van der Waals surface area contributed by atoms with Gasteiger partial charge in [0.15, 0.2) is 0 Å². The van der Waals surface area contributed by atoms with Gasteiger partial charge in [0.25, 0.3) is 0 Å². The highest BCUT2D eigenvalue weighted by Gasteiger charge is 2.36. The maximum Gasteiger partial charge on any atom is 0.243 e. The van der Waals surface area contributed by atoms with E-state index in [0.717, 1.165) is 30.5 Å². The van der Waals surface area contributed by atoms with Crippen molar-refractivity contribution in [2.45, 2.75) is 64.0 Å². The molecule has 2 aliphatic rings. The number of aromatic nitrogens is 2. The lowest BCUT2D eigenvalue weighted by Crippen LogP contribution is -2.47. The van der Waals surface area contributed by atoms with E-state index in [0.29, 0.717) is 35.9 Å². The molecule has 0 spiro atoms. The number of rotatable bonds is 7. The normalized spacial score (nSPS) is 18.5. The molecule has 35 heavy (non-hydrogen) atoms. The molecular weight excluding hydrogens is 447 g/mol. The zero-order valence-electron chi connectivity index (χ0n) is 20.0. The van der Waals surface area contributed by atoms with Crippen molar-refractivity contribution in [3.8, 4) is 0 Å². The molecule has 2 fully saturated rings. The van der Waals surface area contributed by atoms with Crippen LogP contribution in [-0.4, -0.2) is 39.3 Å². The second-order valence-electron chi connectivity index (χ2n) is 9.41. The summed E-state index contributed by atoms with van der Waals surface area (Å²) < 4.78 is 20.3. The van der Waals surface area contributed by atoms with Gasteiger partial charge < -0.3 is 14.6 Å². The largest absolute Gasteiger partial charge is 0.445 e. The third kappa shape index (κ3) is 4.97. The molecule has 3 heterocycles. The minimum absolute atomic E-state index is 0.00989. The average molecular weight is 477 g/mol. The summed E-state index contributed by atoms with van der Waals surface area (Å²) in [5.41, 5.74) is 2.62. The first-order valence-corrected chi connectivity index (χ1v) is 12.1. The molecule has 2 aromatic heterocycles. The highest BCUT2D eigenvalue weighted by Crippen LogP contribution is 2.41. The van der Waals surface area contributed by atoms with Gasteiger partial charge in [-0.15, -0.1) is 0 Å². The van der Waals surface area contributed by atoms with Crippen LogP contribution >= 0.6 is 0 Å². The Hall–Kier alpha value is -3.55. The fourth-order valence-electron chi connectivity index (χ4n) is 4.71. The molecule has 1 aromatic carbocycles. The molecule has 2 atom stereocenters. The minimum atomic E-state index is -0.624. The SMILES string of the molecule is Cc1nc(CC(=O)N2CCC[C@H]2C(=O)N[C@@H](c2ccccc2)c2ccc(C3CC3)c(F)n2)oc1C. The Morgan fingerprint density at radius 1 is 1.11 bits per heavy atom. The lowest BCUT2D eigenvalue weighted by molar-refractivity contribution is -0.138. The zero-order chi connectivity index (χ0) is 24.5. The highest BCUT2D eigenvalue weighted by atomic mass is 19.1. The van der Waals surface area contributed by atoms with Gasteiger partial charge in [-0.25, -0.2) is 9.97 Å². The van der Waals surface area contributed by atoms with Crippen LogP contribution in [0.15, 0.2) is 46.9 Å². The second kappa shape index (κ2) is 9.60. The molecule has 1 aliphatic carbocycles. The summed E-state index contributed by atoms with van der Waals surface area (Å²) in [6.07, 6.45) is 3.26. The summed E-state index contributed by atoms with van der Waals surface area (Å²) in [4.78, 5) is 36.6. The Morgan fingerprint density at radius 2 is 1.89 bits per heavy atom. The summed E-state index contributed by atoms with van der Waals surface area (Å²) in [6.45, 7) is 4.13. The van der Waals surface area contributed by atoms with Crippen LogP contribution in [0.5, 0.6) is 0 Å². The summed E-state index contributed by atoms with van der Waals surface area (Å²) in [7, 11) is 0. The quantitative estimate of drug-likeness (QED) is 0.518. The monoisotopic (exact) mass is 476 g/mol. The number of halogens is 1. The summed E-state index contributed by atoms with van der Waals surface area (Å²) in [6, 6.07) is 11.7. The van der Waals surface area contributed by atoms with E-state index in [1.54, 1.807) is 24.0 Å². The predicted molar refractivity (Wildman–Crippen MR) is 127 cm³/mol. The molecule has 1 saturated carbocycles. The zero-order valence-corrected chi connectivity index (χ0v) is 20.0. The number of likely N-dealkylation sites (tertiary alicyclic amines) is 1. The summed E-state index contributed by atoms with van der Waals surface area (Å²) in [5, 5.41) is 3.04. The van der Waals surface area contributed by atoms with Crippen molar-refractivity contribution in [2.24, 2.45) is 0 Å². The minimum Gasteiger partial charge on any atom is -0.445 e. The second-order valence-corrected chi connectivity index (χ2v) is 9.41. The molecule has 1 N–H and O–H groups in total. The number of nitrogens with zero attached hydrogens (tertiary/aromatic N) is 3. The third-order valence-corrected chi connectivity index (χ3v) is 6.88. The fraction of sp³-hybridized carbons (Fsp3) is 0.407. The van der Waals surface area contributed by atoms with Crippen molar-refractivity contribution in [2.75, 3.05) is 6.54 Å². The van der Waals surface area contributed by atoms with Crippen LogP contribution in [-0.2, 0) is 16.0 Å². The smallest absolute Gasteiger partial charge is 0.243 e. The van der Waals surface area contributed by atoms with Crippen LogP contribution in [0.25, 0.3) is 0 Å². The van der Waals surface area contributed by atoms with Gasteiger partial charge in [-0.2, -0.15) is 4.39 Å². The molecule has 7 nitrogen and oxygen atoms in total. The lowest BCUT2D eigenvalue weighted by atomic mass is 10.0. The van der Waals surface area contributed by atoms with E-state index in [9.17, 15) is 14.0 Å². The van der Waals surface area contributed by atoms with E-state index >= 15 is 0 Å². The first-order chi connectivity index (χ1) is 16.9. The van der Waals surface area contributed by atoms with E-state index < -0.39 is 18.0 Å². The van der Waals surface area contributed by atoms with Crippen molar-refractivity contribution in [1.82, 2.24) is 20.2 Å². The van der Waals surface area contributed by atoms with E-state index in [2.05, 4.69) is 15.3 Å². The van der Waals surface area contributed by atoms with Crippen LogP contribution < -0.4 is 5.32 Å². The number of oxazole rings is 1. The predicted octanol–water partition coefficient (Wildman–Crippen LogP) is 4.14. The number of hydrogen-bond acceptors (Lipinski definition) is 5. The summed E-state index contributed by atoms with van der Waals surface area (Å²) >= 11 is 0. The molecule has 0 radical (unpaired) electrons. The maximum atomic E-state index is 14.8. The number of carbonyl (C=O) groups excluding carboxylic acids is 2. The van der Waals surface area contributed by atoms with Gasteiger partial charge in [-0.1, -0.05) is 36.4 Å².